The molecular weight excluding hydrogens is 440 g/mol. The minimum absolute atomic E-state index is 0.138. The molecule has 1 aromatic carbocycles. The number of amides is 3. The molecule has 1 rings (SSSR count). The summed E-state index contributed by atoms with van der Waals surface area (Å²) in [5.74, 6) is -0.227. The van der Waals surface area contributed by atoms with Crippen molar-refractivity contribution in [3.8, 4) is 5.75 Å². The minimum atomic E-state index is -0.791. The van der Waals surface area contributed by atoms with Gasteiger partial charge in [0.2, 0.25) is 5.91 Å². The molecule has 0 bridgehead atoms. The summed E-state index contributed by atoms with van der Waals surface area (Å²) in [7, 11) is 0. The van der Waals surface area contributed by atoms with Crippen molar-refractivity contribution in [2.45, 2.75) is 84.1 Å². The Hall–Kier alpha value is -3.01. The van der Waals surface area contributed by atoms with E-state index in [0.29, 0.717) is 25.8 Å². The number of carbonyl (C=O) groups is 3. The summed E-state index contributed by atoms with van der Waals surface area (Å²) in [4.78, 5) is 36.5. The van der Waals surface area contributed by atoms with Crippen molar-refractivity contribution in [3.05, 3.63) is 29.8 Å². The lowest BCUT2D eigenvalue weighted by atomic mass is 10.1. The number of nitrogens with two attached hydrogens (primary N) is 1. The highest BCUT2D eigenvalue weighted by atomic mass is 16.6. The van der Waals surface area contributed by atoms with Crippen LogP contribution in [0.4, 0.5) is 9.59 Å². The van der Waals surface area contributed by atoms with E-state index in [9.17, 15) is 19.5 Å². The fourth-order valence-corrected chi connectivity index (χ4v) is 2.89. The molecule has 0 saturated heterocycles. The molecule has 10 heteroatoms. The van der Waals surface area contributed by atoms with E-state index in [-0.39, 0.29) is 18.2 Å². The molecule has 0 saturated carbocycles. The molecule has 10 nitrogen and oxygen atoms in total. The molecule has 0 radical (unpaired) electrons. The quantitative estimate of drug-likeness (QED) is 0.323. The third-order valence-corrected chi connectivity index (χ3v) is 4.37. The largest absolute Gasteiger partial charge is 0.508 e. The molecule has 1 aromatic rings. The molecule has 0 unspecified atom stereocenters. The van der Waals surface area contributed by atoms with Gasteiger partial charge in [-0.25, -0.2) is 9.59 Å². The third-order valence-electron chi connectivity index (χ3n) is 4.37. The summed E-state index contributed by atoms with van der Waals surface area (Å²) in [6, 6.07) is 5.25. The van der Waals surface area contributed by atoms with Crippen molar-refractivity contribution in [1.29, 1.82) is 0 Å². The van der Waals surface area contributed by atoms with E-state index in [4.69, 9.17) is 15.2 Å². The van der Waals surface area contributed by atoms with Crippen molar-refractivity contribution < 1.29 is 29.0 Å². The van der Waals surface area contributed by atoms with Gasteiger partial charge in [0.15, 0.2) is 0 Å². The lowest BCUT2D eigenvalue weighted by molar-refractivity contribution is -0.122. The number of aromatic hydroxyl groups is 1. The number of ether oxygens (including phenoxy) is 2. The molecule has 0 aliphatic carbocycles. The highest BCUT2D eigenvalue weighted by molar-refractivity contribution is 5.82. The van der Waals surface area contributed by atoms with Gasteiger partial charge in [-0.3, -0.25) is 4.79 Å². The van der Waals surface area contributed by atoms with Crippen molar-refractivity contribution in [2.24, 2.45) is 5.73 Å². The van der Waals surface area contributed by atoms with Crippen LogP contribution in [0.5, 0.6) is 5.75 Å². The fourth-order valence-electron chi connectivity index (χ4n) is 2.89. The van der Waals surface area contributed by atoms with Crippen LogP contribution in [-0.2, 0) is 20.7 Å². The van der Waals surface area contributed by atoms with E-state index < -0.39 is 35.5 Å². The van der Waals surface area contributed by atoms with E-state index in [0.717, 1.165) is 5.56 Å². The van der Waals surface area contributed by atoms with Gasteiger partial charge >= 0.3 is 12.2 Å². The number of rotatable bonds is 10. The predicted molar refractivity (Wildman–Crippen MR) is 129 cm³/mol. The molecular formula is C24H40N4O6. The lowest BCUT2D eigenvalue weighted by Gasteiger charge is -2.24. The monoisotopic (exact) mass is 480 g/mol. The summed E-state index contributed by atoms with van der Waals surface area (Å²) in [5, 5.41) is 17.6. The number of phenols is 1. The van der Waals surface area contributed by atoms with Gasteiger partial charge in [-0.2, -0.15) is 0 Å². The first-order valence-electron chi connectivity index (χ1n) is 11.4. The number of hydrogen-bond acceptors (Lipinski definition) is 7. The average Bonchev–Trinajstić information content (AvgIpc) is 2.67. The molecule has 192 valence electrons. The molecule has 0 fully saturated rings. The SMILES string of the molecule is CC(C)(C)OC(=O)NCCC[C@@H](CNC(=O)[C@@H](N)Cc1ccc(O)cc1)NC(=O)OC(C)(C)C. The van der Waals surface area contributed by atoms with Gasteiger partial charge in [0, 0.05) is 19.1 Å². The number of hydrogen-bond donors (Lipinski definition) is 5. The number of alkyl carbamates (subject to hydrolysis) is 2. The topological polar surface area (TPSA) is 152 Å². The maximum absolute atomic E-state index is 12.5. The van der Waals surface area contributed by atoms with Gasteiger partial charge in [0.25, 0.3) is 0 Å². The van der Waals surface area contributed by atoms with Gasteiger partial charge in [-0.15, -0.1) is 0 Å². The zero-order valence-corrected chi connectivity index (χ0v) is 21.1. The maximum atomic E-state index is 12.5. The Balaban J connectivity index is 2.59. The first-order valence-corrected chi connectivity index (χ1v) is 11.4. The Kier molecular flexibility index (Phi) is 11.1. The smallest absolute Gasteiger partial charge is 0.407 e. The van der Waals surface area contributed by atoms with Crippen LogP contribution in [-0.4, -0.2) is 59.6 Å². The maximum Gasteiger partial charge on any atom is 0.407 e. The van der Waals surface area contributed by atoms with Crippen LogP contribution < -0.4 is 21.7 Å². The van der Waals surface area contributed by atoms with E-state index in [1.165, 1.54) is 12.1 Å². The van der Waals surface area contributed by atoms with Gasteiger partial charge in [0.05, 0.1) is 6.04 Å². The lowest BCUT2D eigenvalue weighted by Crippen LogP contribution is -2.49. The fraction of sp³-hybridized carbons (Fsp3) is 0.625. The van der Waals surface area contributed by atoms with Crippen molar-refractivity contribution >= 4 is 18.1 Å². The zero-order chi connectivity index (χ0) is 25.9. The van der Waals surface area contributed by atoms with Crippen LogP contribution in [0.2, 0.25) is 0 Å². The van der Waals surface area contributed by atoms with Crippen molar-refractivity contribution in [3.63, 3.8) is 0 Å². The van der Waals surface area contributed by atoms with Gasteiger partial charge < -0.3 is 36.3 Å². The van der Waals surface area contributed by atoms with E-state index in [2.05, 4.69) is 16.0 Å². The summed E-state index contributed by atoms with van der Waals surface area (Å²) in [6.07, 6.45) is 0.200. The van der Waals surface area contributed by atoms with E-state index in [1.54, 1.807) is 53.7 Å². The second-order valence-electron chi connectivity index (χ2n) is 10.1. The first kappa shape index (κ1) is 29.0. The van der Waals surface area contributed by atoms with Crippen LogP contribution >= 0.6 is 0 Å². The number of phenolic OH excluding ortho intramolecular Hbond substituents is 1. The Morgan fingerprint density at radius 1 is 0.941 bits per heavy atom. The highest BCUT2D eigenvalue weighted by Crippen LogP contribution is 2.11. The van der Waals surface area contributed by atoms with Crippen molar-refractivity contribution in [2.75, 3.05) is 13.1 Å². The van der Waals surface area contributed by atoms with Crippen LogP contribution in [0.15, 0.2) is 24.3 Å². The van der Waals surface area contributed by atoms with Crippen LogP contribution in [0, 0.1) is 0 Å². The average molecular weight is 481 g/mol. The molecule has 0 spiro atoms. The molecule has 6 N–H and O–H groups in total. The molecule has 0 heterocycles. The van der Waals surface area contributed by atoms with E-state index in [1.807, 2.05) is 0 Å². The zero-order valence-electron chi connectivity index (χ0n) is 21.1. The Labute approximate surface area is 201 Å². The summed E-state index contributed by atoms with van der Waals surface area (Å²) in [5.41, 5.74) is 5.58. The highest BCUT2D eigenvalue weighted by Gasteiger charge is 2.22. The van der Waals surface area contributed by atoms with Crippen LogP contribution in [0.1, 0.15) is 59.9 Å². The number of nitrogens with one attached hydrogen (secondary N) is 3. The standard InChI is InChI=1S/C24H40N4O6/c1-23(2,3)33-21(31)26-13-7-8-17(28-22(32)34-24(4,5)6)15-27-20(30)19(25)14-16-9-11-18(29)12-10-16/h9-12,17,19,29H,7-8,13-15,25H2,1-6H3,(H,26,31)(H,27,30)(H,28,32)/t17-,19-/m0/s1. The Bertz CT molecular complexity index is 799. The molecule has 3 amide bonds. The van der Waals surface area contributed by atoms with Gasteiger partial charge in [0.1, 0.15) is 17.0 Å². The molecule has 34 heavy (non-hydrogen) atoms. The van der Waals surface area contributed by atoms with Gasteiger partial charge in [-0.05, 0) is 78.5 Å². The first-order chi connectivity index (χ1) is 15.6. The summed E-state index contributed by atoms with van der Waals surface area (Å²) >= 11 is 0. The molecule has 0 aromatic heterocycles. The predicted octanol–water partition coefficient (Wildman–Crippen LogP) is 2.58. The second-order valence-corrected chi connectivity index (χ2v) is 10.1. The molecule has 0 aliphatic rings. The Morgan fingerprint density at radius 3 is 2.06 bits per heavy atom. The third kappa shape index (κ3) is 13.5. The normalized spacial score (nSPS) is 13.4. The van der Waals surface area contributed by atoms with E-state index >= 15 is 0 Å². The number of benzene rings is 1. The summed E-state index contributed by atoms with van der Waals surface area (Å²) in [6.45, 7) is 11.1. The molecule has 0 aliphatic heterocycles. The van der Waals surface area contributed by atoms with Gasteiger partial charge in [-0.1, -0.05) is 12.1 Å². The minimum Gasteiger partial charge on any atom is -0.508 e. The second kappa shape index (κ2) is 13.0. The van der Waals surface area contributed by atoms with Crippen molar-refractivity contribution in [1.82, 2.24) is 16.0 Å². The molecule has 2 atom stereocenters. The van der Waals surface area contributed by atoms with Crippen LogP contribution in [0.3, 0.4) is 0 Å². The van der Waals surface area contributed by atoms with Crippen LogP contribution in [0.25, 0.3) is 0 Å². The summed E-state index contributed by atoms with van der Waals surface area (Å²) < 4.78 is 10.5. The number of carbonyl (C=O) groups excluding carboxylic acids is 3. The Morgan fingerprint density at radius 2 is 1.50 bits per heavy atom.